The highest BCUT2D eigenvalue weighted by atomic mass is 32.2. The number of ether oxygens (including phenoxy) is 3. The first kappa shape index (κ1) is 17.3. The zero-order valence-corrected chi connectivity index (χ0v) is 15.0. The highest BCUT2D eigenvalue weighted by molar-refractivity contribution is 7.96. The molecule has 2 aromatic rings. The number of benzene rings is 2. The summed E-state index contributed by atoms with van der Waals surface area (Å²) in [5.41, 5.74) is 0.726. The molecule has 0 saturated carbocycles. The number of fused-ring (bicyclic) bond motifs is 2. The number of nitrogens with zero attached hydrogens (tertiary/aromatic N) is 1. The Labute approximate surface area is 154 Å². The lowest BCUT2D eigenvalue weighted by Crippen LogP contribution is -2.26. The fourth-order valence-electron chi connectivity index (χ4n) is 2.94. The first-order chi connectivity index (χ1) is 12.9. The molecule has 0 fully saturated rings. The standard InChI is InChI=1S/C18H14FNO6S/c1-24-18(21)17-10-20(12-3-5-14-15(9-12)26-7-6-25-14)13-4-2-11(19)8-16(13)27(17,22)23/h2-5,8-10H,6-7H2,1H3. The SMILES string of the molecule is COC(=O)C1=CN(c2ccc3c(c2)OCCO3)c2ccc(F)cc2S1(=O)=O. The minimum Gasteiger partial charge on any atom is -0.486 e. The molecule has 9 heteroatoms. The van der Waals surface area contributed by atoms with Gasteiger partial charge in [-0.2, -0.15) is 0 Å². The number of hydrogen-bond acceptors (Lipinski definition) is 7. The molecule has 0 bridgehead atoms. The van der Waals surface area contributed by atoms with Gasteiger partial charge in [0.05, 0.1) is 17.7 Å². The molecule has 0 spiro atoms. The van der Waals surface area contributed by atoms with Crippen LogP contribution in [0.1, 0.15) is 0 Å². The fourth-order valence-corrected chi connectivity index (χ4v) is 4.43. The Bertz CT molecular complexity index is 1080. The molecule has 2 aromatic carbocycles. The molecule has 2 aliphatic heterocycles. The Hall–Kier alpha value is -3.07. The number of carbonyl (C=O) groups is 1. The average molecular weight is 391 g/mol. The van der Waals surface area contributed by atoms with Crippen LogP contribution in [0, 0.1) is 5.82 Å². The molecule has 27 heavy (non-hydrogen) atoms. The van der Waals surface area contributed by atoms with Crippen LogP contribution in [0.2, 0.25) is 0 Å². The number of sulfone groups is 1. The number of anilines is 2. The number of esters is 1. The van der Waals surface area contributed by atoms with Gasteiger partial charge in [0, 0.05) is 18.0 Å². The van der Waals surface area contributed by atoms with Crippen molar-refractivity contribution >= 4 is 27.2 Å². The van der Waals surface area contributed by atoms with Crippen molar-refractivity contribution in [3.63, 3.8) is 0 Å². The van der Waals surface area contributed by atoms with E-state index >= 15 is 0 Å². The van der Waals surface area contributed by atoms with Gasteiger partial charge in [-0.05, 0) is 30.3 Å². The summed E-state index contributed by atoms with van der Waals surface area (Å²) in [4.78, 5) is 12.6. The second kappa shape index (κ2) is 6.27. The molecular weight excluding hydrogens is 377 g/mol. The van der Waals surface area contributed by atoms with E-state index in [0.29, 0.717) is 30.4 Å². The maximum atomic E-state index is 13.7. The molecule has 2 aliphatic rings. The van der Waals surface area contributed by atoms with Gasteiger partial charge in [-0.15, -0.1) is 0 Å². The second-order valence-corrected chi connectivity index (χ2v) is 7.68. The van der Waals surface area contributed by atoms with Crippen LogP contribution >= 0.6 is 0 Å². The Morgan fingerprint density at radius 2 is 1.85 bits per heavy atom. The van der Waals surface area contributed by atoms with E-state index in [1.807, 2.05) is 0 Å². The van der Waals surface area contributed by atoms with Crippen molar-refractivity contribution in [3.8, 4) is 11.5 Å². The van der Waals surface area contributed by atoms with E-state index in [1.165, 1.54) is 11.0 Å². The monoisotopic (exact) mass is 391 g/mol. The Morgan fingerprint density at radius 3 is 2.59 bits per heavy atom. The molecule has 0 N–H and O–H groups in total. The third kappa shape index (κ3) is 2.80. The Kier molecular flexibility index (Phi) is 4.03. The zero-order valence-electron chi connectivity index (χ0n) is 14.1. The summed E-state index contributed by atoms with van der Waals surface area (Å²) in [6, 6.07) is 8.39. The maximum Gasteiger partial charge on any atom is 0.351 e. The van der Waals surface area contributed by atoms with Crippen molar-refractivity contribution in [2.75, 3.05) is 25.2 Å². The smallest absolute Gasteiger partial charge is 0.351 e. The minimum absolute atomic E-state index is 0.209. The van der Waals surface area contributed by atoms with Crippen LogP contribution in [0.5, 0.6) is 11.5 Å². The summed E-state index contributed by atoms with van der Waals surface area (Å²) in [5.74, 6) is -0.715. The lowest BCUT2D eigenvalue weighted by molar-refractivity contribution is -0.135. The highest BCUT2D eigenvalue weighted by Crippen LogP contribution is 2.42. The molecule has 0 unspecified atom stereocenters. The van der Waals surface area contributed by atoms with Gasteiger partial charge in [0.2, 0.25) is 9.84 Å². The van der Waals surface area contributed by atoms with Crippen LogP contribution in [-0.2, 0) is 19.4 Å². The number of rotatable bonds is 2. The van der Waals surface area contributed by atoms with E-state index in [4.69, 9.17) is 9.47 Å². The number of hydrogen-bond donors (Lipinski definition) is 0. The van der Waals surface area contributed by atoms with Gasteiger partial charge >= 0.3 is 5.97 Å². The van der Waals surface area contributed by atoms with Gasteiger partial charge in [-0.1, -0.05) is 0 Å². The lowest BCUT2D eigenvalue weighted by atomic mass is 10.2. The van der Waals surface area contributed by atoms with E-state index < -0.39 is 26.5 Å². The zero-order chi connectivity index (χ0) is 19.2. The third-order valence-corrected chi connectivity index (χ3v) is 5.95. The molecule has 0 radical (unpaired) electrons. The van der Waals surface area contributed by atoms with E-state index in [2.05, 4.69) is 4.74 Å². The predicted molar refractivity (Wildman–Crippen MR) is 93.3 cm³/mol. The van der Waals surface area contributed by atoms with Crippen molar-refractivity contribution in [2.45, 2.75) is 4.90 Å². The van der Waals surface area contributed by atoms with Crippen LogP contribution < -0.4 is 14.4 Å². The molecule has 0 atom stereocenters. The Morgan fingerprint density at radius 1 is 1.11 bits per heavy atom. The van der Waals surface area contributed by atoms with Crippen molar-refractivity contribution in [1.29, 1.82) is 0 Å². The number of methoxy groups -OCH3 is 1. The third-order valence-electron chi connectivity index (χ3n) is 4.20. The van der Waals surface area contributed by atoms with Crippen molar-refractivity contribution in [1.82, 2.24) is 0 Å². The molecule has 0 aliphatic carbocycles. The number of halogens is 1. The topological polar surface area (TPSA) is 82.1 Å². The summed E-state index contributed by atoms with van der Waals surface area (Å²) in [5, 5.41) is 0. The lowest BCUT2D eigenvalue weighted by Gasteiger charge is -2.29. The van der Waals surface area contributed by atoms with Gasteiger partial charge in [0.15, 0.2) is 16.4 Å². The molecule has 0 amide bonds. The minimum atomic E-state index is -4.23. The molecule has 0 aromatic heterocycles. The molecule has 140 valence electrons. The molecule has 2 heterocycles. The van der Waals surface area contributed by atoms with Crippen LogP contribution in [-0.4, -0.2) is 34.7 Å². The summed E-state index contributed by atoms with van der Waals surface area (Å²) >= 11 is 0. The van der Waals surface area contributed by atoms with Gasteiger partial charge in [-0.25, -0.2) is 17.6 Å². The Balaban J connectivity index is 1.92. The number of carbonyl (C=O) groups excluding carboxylic acids is 1. The maximum absolute atomic E-state index is 13.7. The van der Waals surface area contributed by atoms with Crippen molar-refractivity contribution in [3.05, 3.63) is 53.3 Å². The van der Waals surface area contributed by atoms with Gasteiger partial charge in [0.25, 0.3) is 0 Å². The van der Waals surface area contributed by atoms with Crippen molar-refractivity contribution in [2.24, 2.45) is 0 Å². The predicted octanol–water partition coefficient (Wildman–Crippen LogP) is 2.54. The summed E-state index contributed by atoms with van der Waals surface area (Å²) in [6.45, 7) is 0.818. The van der Waals surface area contributed by atoms with E-state index in [0.717, 1.165) is 25.4 Å². The summed E-state index contributed by atoms with van der Waals surface area (Å²) < 4.78 is 54.9. The molecule has 7 nitrogen and oxygen atoms in total. The summed E-state index contributed by atoms with van der Waals surface area (Å²) in [7, 11) is -3.15. The largest absolute Gasteiger partial charge is 0.486 e. The normalized spacial score (nSPS) is 17.0. The highest BCUT2D eigenvalue weighted by Gasteiger charge is 2.37. The molecular formula is C18H14FNO6S. The van der Waals surface area contributed by atoms with Gasteiger partial charge in [0.1, 0.15) is 19.0 Å². The van der Waals surface area contributed by atoms with Gasteiger partial charge in [-0.3, -0.25) is 0 Å². The summed E-state index contributed by atoms with van der Waals surface area (Å²) in [6.07, 6.45) is 1.16. The van der Waals surface area contributed by atoms with E-state index in [1.54, 1.807) is 18.2 Å². The van der Waals surface area contributed by atoms with Crippen LogP contribution in [0.3, 0.4) is 0 Å². The molecule has 0 saturated heterocycles. The first-order valence-electron chi connectivity index (χ1n) is 7.95. The second-order valence-electron chi connectivity index (χ2n) is 5.80. The van der Waals surface area contributed by atoms with Crippen LogP contribution in [0.4, 0.5) is 15.8 Å². The van der Waals surface area contributed by atoms with E-state index in [-0.39, 0.29) is 10.6 Å². The van der Waals surface area contributed by atoms with E-state index in [9.17, 15) is 17.6 Å². The van der Waals surface area contributed by atoms with Gasteiger partial charge < -0.3 is 19.1 Å². The average Bonchev–Trinajstić information content (AvgIpc) is 2.67. The van der Waals surface area contributed by atoms with Crippen LogP contribution in [0.15, 0.2) is 52.4 Å². The molecule has 4 rings (SSSR count). The fraction of sp³-hybridized carbons (Fsp3) is 0.167. The van der Waals surface area contributed by atoms with Crippen molar-refractivity contribution < 1.29 is 31.8 Å². The van der Waals surface area contributed by atoms with Crippen LogP contribution in [0.25, 0.3) is 0 Å². The first-order valence-corrected chi connectivity index (χ1v) is 9.44. The quantitative estimate of drug-likeness (QED) is 0.728.